The summed E-state index contributed by atoms with van der Waals surface area (Å²) in [5.41, 5.74) is 2.53. The largest absolute Gasteiger partial charge is 0.484 e. The number of ether oxygens (including phenoxy) is 1. The van der Waals surface area contributed by atoms with Crippen molar-refractivity contribution in [2.75, 3.05) is 18.1 Å². The first-order chi connectivity index (χ1) is 11.0. The SMILES string of the molecule is Cc1ccc(OCC(=O)N2CCC(O)c3cc(Cl)ccc32)cc1. The van der Waals surface area contributed by atoms with Crippen LogP contribution in [0.3, 0.4) is 0 Å². The summed E-state index contributed by atoms with van der Waals surface area (Å²) >= 11 is 5.98. The number of aryl methyl sites for hydroxylation is 1. The molecule has 0 spiro atoms. The van der Waals surface area contributed by atoms with Crippen LogP contribution in [-0.2, 0) is 4.79 Å². The summed E-state index contributed by atoms with van der Waals surface area (Å²) in [5.74, 6) is 0.526. The molecule has 5 heteroatoms. The third-order valence-corrected chi connectivity index (χ3v) is 4.18. The molecule has 0 saturated carbocycles. The Bertz CT molecular complexity index is 715. The number of aliphatic hydroxyl groups is 1. The summed E-state index contributed by atoms with van der Waals surface area (Å²) in [6.45, 7) is 2.42. The van der Waals surface area contributed by atoms with Crippen molar-refractivity contribution in [1.82, 2.24) is 0 Å². The molecule has 0 fully saturated rings. The van der Waals surface area contributed by atoms with Gasteiger partial charge in [0.25, 0.3) is 5.91 Å². The molecule has 1 aliphatic rings. The fourth-order valence-corrected chi connectivity index (χ4v) is 2.86. The third-order valence-electron chi connectivity index (χ3n) is 3.95. The smallest absolute Gasteiger partial charge is 0.264 e. The van der Waals surface area contributed by atoms with E-state index in [1.54, 1.807) is 23.1 Å². The zero-order chi connectivity index (χ0) is 16.4. The lowest BCUT2D eigenvalue weighted by molar-refractivity contribution is -0.120. The minimum Gasteiger partial charge on any atom is -0.484 e. The maximum absolute atomic E-state index is 12.5. The number of hydrogen-bond acceptors (Lipinski definition) is 3. The molecule has 0 radical (unpaired) electrons. The molecule has 0 bridgehead atoms. The Morgan fingerprint density at radius 3 is 2.78 bits per heavy atom. The molecular formula is C18H18ClNO3. The highest BCUT2D eigenvalue weighted by Gasteiger charge is 2.27. The van der Waals surface area contributed by atoms with E-state index in [0.717, 1.165) is 5.56 Å². The van der Waals surface area contributed by atoms with Gasteiger partial charge in [-0.15, -0.1) is 0 Å². The summed E-state index contributed by atoms with van der Waals surface area (Å²) in [6.07, 6.45) is -0.102. The normalized spacial score (nSPS) is 16.8. The predicted octanol–water partition coefficient (Wildman–Crippen LogP) is 3.50. The van der Waals surface area contributed by atoms with E-state index in [1.165, 1.54) is 0 Å². The maximum atomic E-state index is 12.5. The molecule has 1 unspecified atom stereocenters. The maximum Gasteiger partial charge on any atom is 0.264 e. The Morgan fingerprint density at radius 1 is 1.30 bits per heavy atom. The van der Waals surface area contributed by atoms with E-state index < -0.39 is 6.10 Å². The van der Waals surface area contributed by atoms with Crippen molar-refractivity contribution in [3.05, 3.63) is 58.6 Å². The number of amides is 1. The quantitative estimate of drug-likeness (QED) is 0.936. The van der Waals surface area contributed by atoms with Crippen LogP contribution < -0.4 is 9.64 Å². The van der Waals surface area contributed by atoms with Gasteiger partial charge in [-0.25, -0.2) is 0 Å². The lowest BCUT2D eigenvalue weighted by Crippen LogP contribution is -2.39. The second-order valence-electron chi connectivity index (χ2n) is 5.65. The fourth-order valence-electron chi connectivity index (χ4n) is 2.68. The summed E-state index contributed by atoms with van der Waals surface area (Å²) < 4.78 is 5.56. The lowest BCUT2D eigenvalue weighted by Gasteiger charge is -2.32. The van der Waals surface area contributed by atoms with Crippen LogP contribution in [0.1, 0.15) is 23.7 Å². The number of rotatable bonds is 3. The zero-order valence-electron chi connectivity index (χ0n) is 12.8. The number of hydrogen-bond donors (Lipinski definition) is 1. The topological polar surface area (TPSA) is 49.8 Å². The number of halogens is 1. The molecule has 0 aliphatic carbocycles. The van der Waals surface area contributed by atoms with Crippen molar-refractivity contribution < 1.29 is 14.6 Å². The fraction of sp³-hybridized carbons (Fsp3) is 0.278. The van der Waals surface area contributed by atoms with E-state index in [1.807, 2.05) is 31.2 Å². The number of carbonyl (C=O) groups excluding carboxylic acids is 1. The van der Waals surface area contributed by atoms with E-state index in [9.17, 15) is 9.90 Å². The van der Waals surface area contributed by atoms with E-state index in [0.29, 0.717) is 35.0 Å². The van der Waals surface area contributed by atoms with Crippen LogP contribution in [0.4, 0.5) is 5.69 Å². The number of anilines is 1. The average Bonchev–Trinajstić information content (AvgIpc) is 2.55. The van der Waals surface area contributed by atoms with Gasteiger partial charge < -0.3 is 14.7 Å². The van der Waals surface area contributed by atoms with Crippen LogP contribution >= 0.6 is 11.6 Å². The van der Waals surface area contributed by atoms with Gasteiger partial charge in [-0.1, -0.05) is 29.3 Å². The second-order valence-corrected chi connectivity index (χ2v) is 6.09. The first-order valence-corrected chi connectivity index (χ1v) is 7.90. The van der Waals surface area contributed by atoms with Gasteiger partial charge in [0.05, 0.1) is 6.10 Å². The van der Waals surface area contributed by atoms with E-state index >= 15 is 0 Å². The van der Waals surface area contributed by atoms with Crippen LogP contribution in [0.25, 0.3) is 0 Å². The summed E-state index contributed by atoms with van der Waals surface area (Å²) in [7, 11) is 0. The van der Waals surface area contributed by atoms with Gasteiger partial charge in [0.1, 0.15) is 5.75 Å². The van der Waals surface area contributed by atoms with E-state index in [2.05, 4.69) is 0 Å². The van der Waals surface area contributed by atoms with Gasteiger partial charge >= 0.3 is 0 Å². The van der Waals surface area contributed by atoms with Crippen LogP contribution in [0.5, 0.6) is 5.75 Å². The molecule has 120 valence electrons. The highest BCUT2D eigenvalue weighted by molar-refractivity contribution is 6.30. The van der Waals surface area contributed by atoms with Gasteiger partial charge in [0.15, 0.2) is 6.61 Å². The second kappa shape index (κ2) is 6.60. The van der Waals surface area contributed by atoms with Crippen LogP contribution in [0, 0.1) is 6.92 Å². The Labute approximate surface area is 140 Å². The van der Waals surface area contributed by atoms with Gasteiger partial charge in [-0.3, -0.25) is 4.79 Å². The average molecular weight is 332 g/mol. The molecule has 1 atom stereocenters. The molecule has 1 amide bonds. The van der Waals surface area contributed by atoms with Crippen molar-refractivity contribution in [3.8, 4) is 5.75 Å². The molecule has 2 aromatic carbocycles. The highest BCUT2D eigenvalue weighted by atomic mass is 35.5. The molecule has 1 heterocycles. The Morgan fingerprint density at radius 2 is 2.04 bits per heavy atom. The van der Waals surface area contributed by atoms with Crippen molar-refractivity contribution in [1.29, 1.82) is 0 Å². The minimum absolute atomic E-state index is 0.0405. The first kappa shape index (κ1) is 15.8. The van der Waals surface area contributed by atoms with Crippen molar-refractivity contribution in [3.63, 3.8) is 0 Å². The molecule has 1 N–H and O–H groups in total. The van der Waals surface area contributed by atoms with Gasteiger partial charge in [0.2, 0.25) is 0 Å². The third kappa shape index (κ3) is 3.49. The number of nitrogens with zero attached hydrogens (tertiary/aromatic N) is 1. The first-order valence-electron chi connectivity index (χ1n) is 7.52. The van der Waals surface area contributed by atoms with Crippen LogP contribution in [0.2, 0.25) is 5.02 Å². The Hall–Kier alpha value is -2.04. The molecule has 0 aromatic heterocycles. The predicted molar refractivity (Wildman–Crippen MR) is 90.1 cm³/mol. The van der Waals surface area contributed by atoms with Gasteiger partial charge in [-0.05, 0) is 43.7 Å². The lowest BCUT2D eigenvalue weighted by atomic mass is 9.99. The molecular weight excluding hydrogens is 314 g/mol. The van der Waals surface area contributed by atoms with Crippen LogP contribution in [0.15, 0.2) is 42.5 Å². The molecule has 4 nitrogen and oxygen atoms in total. The highest BCUT2D eigenvalue weighted by Crippen LogP contribution is 2.35. The molecule has 23 heavy (non-hydrogen) atoms. The molecule has 3 rings (SSSR count). The van der Waals surface area contributed by atoms with Crippen molar-refractivity contribution in [2.24, 2.45) is 0 Å². The molecule has 0 saturated heterocycles. The Balaban J connectivity index is 1.73. The molecule has 2 aromatic rings. The standard InChI is InChI=1S/C18H18ClNO3/c1-12-2-5-14(6-3-12)23-11-18(22)20-9-8-17(21)15-10-13(19)4-7-16(15)20/h2-7,10,17,21H,8-9,11H2,1H3. The van der Waals surface area contributed by atoms with Crippen molar-refractivity contribution in [2.45, 2.75) is 19.4 Å². The van der Waals surface area contributed by atoms with Gasteiger partial charge in [0, 0.05) is 22.8 Å². The van der Waals surface area contributed by atoms with E-state index in [-0.39, 0.29) is 12.5 Å². The number of fused-ring (bicyclic) bond motifs is 1. The van der Waals surface area contributed by atoms with E-state index in [4.69, 9.17) is 16.3 Å². The van der Waals surface area contributed by atoms with Crippen LogP contribution in [-0.4, -0.2) is 24.2 Å². The summed E-state index contributed by atoms with van der Waals surface area (Å²) in [4.78, 5) is 14.1. The number of aliphatic hydroxyl groups excluding tert-OH is 1. The summed E-state index contributed by atoms with van der Waals surface area (Å²) in [6, 6.07) is 12.8. The Kier molecular flexibility index (Phi) is 4.55. The monoisotopic (exact) mass is 331 g/mol. The van der Waals surface area contributed by atoms with Crippen molar-refractivity contribution >= 4 is 23.2 Å². The summed E-state index contributed by atoms with van der Waals surface area (Å²) in [5, 5.41) is 10.6. The minimum atomic E-state index is -0.592. The number of benzene rings is 2. The zero-order valence-corrected chi connectivity index (χ0v) is 13.6. The number of carbonyl (C=O) groups is 1. The van der Waals surface area contributed by atoms with Gasteiger partial charge in [-0.2, -0.15) is 0 Å². The molecule has 1 aliphatic heterocycles.